The van der Waals surface area contributed by atoms with Crippen LogP contribution in [0.15, 0.2) is 133 Å². The number of hydrogen-bond acceptors (Lipinski definition) is 2. The van der Waals surface area contributed by atoms with Crippen molar-refractivity contribution in [2.24, 2.45) is 0 Å². The summed E-state index contributed by atoms with van der Waals surface area (Å²) in [6.07, 6.45) is 0. The van der Waals surface area contributed by atoms with Crippen molar-refractivity contribution in [2.75, 3.05) is 0 Å². The Bertz CT molecular complexity index is 1280. The molecule has 154 valence electrons. The summed E-state index contributed by atoms with van der Waals surface area (Å²) in [6.45, 7) is 0. The summed E-state index contributed by atoms with van der Waals surface area (Å²) < 4.78 is 12.8. The Morgan fingerprint density at radius 1 is 0.375 bits per heavy atom. The summed E-state index contributed by atoms with van der Waals surface area (Å²) >= 11 is 0. The number of hydrogen-bond donors (Lipinski definition) is 0. The average molecular weight is 415 g/mol. The van der Waals surface area contributed by atoms with Crippen LogP contribution in [0.2, 0.25) is 0 Å². The lowest BCUT2D eigenvalue weighted by Gasteiger charge is -2.20. The second-order valence-corrected chi connectivity index (χ2v) is 7.38. The van der Waals surface area contributed by atoms with Gasteiger partial charge in [-0.1, -0.05) is 97.1 Å². The average Bonchev–Trinajstić information content (AvgIpc) is 2.87. The summed E-state index contributed by atoms with van der Waals surface area (Å²) in [5.41, 5.74) is 4.27. The molecule has 0 spiro atoms. The van der Waals surface area contributed by atoms with Gasteiger partial charge in [0.2, 0.25) is 0 Å². The maximum Gasteiger partial charge on any atom is 0.178 e. The predicted octanol–water partition coefficient (Wildman–Crippen LogP) is 8.61. The SMILES string of the molecule is c1ccc(Oc2ccc(-c3ccccc3)c(-c3ccccc3)c2Oc2ccccc2)cc1. The van der Waals surface area contributed by atoms with Gasteiger partial charge in [-0.3, -0.25) is 0 Å². The molecule has 0 aliphatic heterocycles. The van der Waals surface area contributed by atoms with Crippen LogP contribution in [0.1, 0.15) is 0 Å². The highest BCUT2D eigenvalue weighted by Gasteiger charge is 2.20. The van der Waals surface area contributed by atoms with E-state index in [2.05, 4.69) is 42.5 Å². The lowest BCUT2D eigenvalue weighted by atomic mass is 9.93. The summed E-state index contributed by atoms with van der Waals surface area (Å²) in [4.78, 5) is 0. The summed E-state index contributed by atoms with van der Waals surface area (Å²) in [7, 11) is 0. The first kappa shape index (κ1) is 19.7. The highest BCUT2D eigenvalue weighted by atomic mass is 16.5. The van der Waals surface area contributed by atoms with E-state index in [1.807, 2.05) is 91.0 Å². The molecule has 0 fully saturated rings. The summed E-state index contributed by atoms with van der Waals surface area (Å²) in [6, 6.07) is 44.4. The molecule has 32 heavy (non-hydrogen) atoms. The molecule has 0 unspecified atom stereocenters. The number of ether oxygens (including phenoxy) is 2. The van der Waals surface area contributed by atoms with Gasteiger partial charge in [0, 0.05) is 5.56 Å². The monoisotopic (exact) mass is 414 g/mol. The molecule has 0 aromatic heterocycles. The van der Waals surface area contributed by atoms with Crippen molar-refractivity contribution in [1.29, 1.82) is 0 Å². The van der Waals surface area contributed by atoms with Crippen LogP contribution in [0.5, 0.6) is 23.0 Å². The molecule has 2 nitrogen and oxygen atoms in total. The number of benzene rings is 5. The molecule has 5 aromatic rings. The van der Waals surface area contributed by atoms with Gasteiger partial charge < -0.3 is 9.47 Å². The van der Waals surface area contributed by atoms with Crippen molar-refractivity contribution in [3.8, 4) is 45.3 Å². The zero-order valence-corrected chi connectivity index (χ0v) is 17.5. The minimum Gasteiger partial charge on any atom is -0.453 e. The van der Waals surface area contributed by atoms with Gasteiger partial charge in [-0.2, -0.15) is 0 Å². The van der Waals surface area contributed by atoms with E-state index >= 15 is 0 Å². The Balaban J connectivity index is 1.74. The topological polar surface area (TPSA) is 18.5 Å². The quantitative estimate of drug-likeness (QED) is 0.277. The normalized spacial score (nSPS) is 10.5. The van der Waals surface area contributed by atoms with E-state index in [1.54, 1.807) is 0 Å². The smallest absolute Gasteiger partial charge is 0.178 e. The van der Waals surface area contributed by atoms with Gasteiger partial charge in [0.1, 0.15) is 11.5 Å². The molecular formula is C30H22O2. The van der Waals surface area contributed by atoms with Crippen molar-refractivity contribution in [3.63, 3.8) is 0 Å². The summed E-state index contributed by atoms with van der Waals surface area (Å²) in [5, 5.41) is 0. The first-order valence-electron chi connectivity index (χ1n) is 10.6. The highest BCUT2D eigenvalue weighted by Crippen LogP contribution is 2.47. The second kappa shape index (κ2) is 9.23. The van der Waals surface area contributed by atoms with Crippen molar-refractivity contribution in [3.05, 3.63) is 133 Å². The molecule has 0 atom stereocenters. The predicted molar refractivity (Wildman–Crippen MR) is 130 cm³/mol. The molecule has 0 radical (unpaired) electrons. The maximum absolute atomic E-state index is 6.50. The van der Waals surface area contributed by atoms with E-state index in [-0.39, 0.29) is 0 Å². The Morgan fingerprint density at radius 3 is 1.41 bits per heavy atom. The van der Waals surface area contributed by atoms with E-state index < -0.39 is 0 Å². The fourth-order valence-corrected chi connectivity index (χ4v) is 3.72. The zero-order valence-electron chi connectivity index (χ0n) is 17.5. The van der Waals surface area contributed by atoms with Gasteiger partial charge in [0.15, 0.2) is 11.5 Å². The van der Waals surface area contributed by atoms with Gasteiger partial charge in [0.25, 0.3) is 0 Å². The molecule has 0 N–H and O–H groups in total. The molecule has 0 bridgehead atoms. The van der Waals surface area contributed by atoms with Crippen LogP contribution >= 0.6 is 0 Å². The molecule has 0 amide bonds. The van der Waals surface area contributed by atoms with Gasteiger partial charge in [-0.05, 0) is 53.1 Å². The second-order valence-electron chi connectivity index (χ2n) is 7.38. The molecule has 0 saturated carbocycles. The maximum atomic E-state index is 6.50. The minimum absolute atomic E-state index is 0.665. The van der Waals surface area contributed by atoms with Gasteiger partial charge in [-0.25, -0.2) is 0 Å². The van der Waals surface area contributed by atoms with Crippen molar-refractivity contribution >= 4 is 0 Å². The molecule has 0 aliphatic carbocycles. The summed E-state index contributed by atoms with van der Waals surface area (Å²) in [5.74, 6) is 2.87. The van der Waals surface area contributed by atoms with Crippen LogP contribution in [0.4, 0.5) is 0 Å². The van der Waals surface area contributed by atoms with Crippen LogP contribution in [0.3, 0.4) is 0 Å². The van der Waals surface area contributed by atoms with E-state index in [4.69, 9.17) is 9.47 Å². The van der Waals surface area contributed by atoms with E-state index in [1.165, 1.54) is 0 Å². The molecule has 2 heteroatoms. The molecular weight excluding hydrogens is 392 g/mol. The molecule has 5 rings (SSSR count). The van der Waals surface area contributed by atoms with Crippen LogP contribution in [-0.2, 0) is 0 Å². The first-order chi connectivity index (χ1) is 15.9. The van der Waals surface area contributed by atoms with Gasteiger partial charge in [0.05, 0.1) is 0 Å². The first-order valence-corrected chi connectivity index (χ1v) is 10.6. The third-order valence-corrected chi connectivity index (χ3v) is 5.20. The standard InChI is InChI=1S/C30H22O2/c1-5-13-23(14-6-1)27-21-22-28(31-25-17-9-3-10-18-25)30(32-26-19-11-4-12-20-26)29(27)24-15-7-2-8-16-24/h1-22H. The van der Waals surface area contributed by atoms with Crippen molar-refractivity contribution < 1.29 is 9.47 Å². The highest BCUT2D eigenvalue weighted by molar-refractivity contribution is 5.90. The largest absolute Gasteiger partial charge is 0.453 e. The Kier molecular flexibility index (Phi) is 5.67. The van der Waals surface area contributed by atoms with Gasteiger partial charge >= 0.3 is 0 Å². The van der Waals surface area contributed by atoms with Crippen LogP contribution < -0.4 is 9.47 Å². The van der Waals surface area contributed by atoms with Crippen molar-refractivity contribution in [1.82, 2.24) is 0 Å². The van der Waals surface area contributed by atoms with Crippen molar-refractivity contribution in [2.45, 2.75) is 0 Å². The molecule has 0 saturated heterocycles. The third kappa shape index (κ3) is 4.26. The Hall–Kier alpha value is -4.30. The van der Waals surface area contributed by atoms with Crippen LogP contribution in [0.25, 0.3) is 22.3 Å². The fourth-order valence-electron chi connectivity index (χ4n) is 3.72. The zero-order chi connectivity index (χ0) is 21.6. The molecule has 0 aliphatic rings. The lowest BCUT2D eigenvalue weighted by Crippen LogP contribution is -1.96. The third-order valence-electron chi connectivity index (χ3n) is 5.20. The Labute approximate surface area is 188 Å². The molecule has 5 aromatic carbocycles. The minimum atomic E-state index is 0.665. The number of para-hydroxylation sites is 2. The van der Waals surface area contributed by atoms with E-state index in [0.717, 1.165) is 33.8 Å². The number of rotatable bonds is 6. The lowest BCUT2D eigenvalue weighted by molar-refractivity contribution is 0.420. The van der Waals surface area contributed by atoms with Crippen LogP contribution in [-0.4, -0.2) is 0 Å². The van der Waals surface area contributed by atoms with Crippen LogP contribution in [0, 0.1) is 0 Å². The molecule has 0 heterocycles. The van der Waals surface area contributed by atoms with E-state index in [9.17, 15) is 0 Å². The fraction of sp³-hybridized carbons (Fsp3) is 0. The van der Waals surface area contributed by atoms with Gasteiger partial charge in [-0.15, -0.1) is 0 Å². The van der Waals surface area contributed by atoms with E-state index in [0.29, 0.717) is 11.5 Å². The Morgan fingerprint density at radius 2 is 0.844 bits per heavy atom.